The quantitative estimate of drug-likeness (QED) is 0.591. The van der Waals surface area contributed by atoms with Gasteiger partial charge in [0.2, 0.25) is 5.88 Å². The Morgan fingerprint density at radius 3 is 2.75 bits per heavy atom. The molecular formula is C24H24BrNO6. The first kappa shape index (κ1) is 22.2. The fourth-order valence-electron chi connectivity index (χ4n) is 4.12. The zero-order chi connectivity index (χ0) is 23.0. The largest absolute Gasteiger partial charge is 0.486 e. The van der Waals surface area contributed by atoms with Crippen LogP contribution < -0.4 is 10.5 Å². The van der Waals surface area contributed by atoms with E-state index in [0.717, 1.165) is 4.47 Å². The van der Waals surface area contributed by atoms with Crippen LogP contribution in [0.15, 0.2) is 68.1 Å². The third-order valence-electron chi connectivity index (χ3n) is 5.50. The smallest absolute Gasteiger partial charge is 0.340 e. The van der Waals surface area contributed by atoms with Gasteiger partial charge in [-0.2, -0.15) is 0 Å². The highest BCUT2D eigenvalue weighted by molar-refractivity contribution is 9.10. The summed E-state index contributed by atoms with van der Waals surface area (Å²) in [5.41, 5.74) is 6.31. The third kappa shape index (κ3) is 4.32. The van der Waals surface area contributed by atoms with Crippen molar-refractivity contribution in [1.82, 2.24) is 0 Å². The molecule has 0 bridgehead atoms. The van der Waals surface area contributed by atoms with E-state index in [1.807, 2.05) is 38.1 Å². The molecule has 0 radical (unpaired) electrons. The number of hydrogen-bond donors (Lipinski definition) is 1. The van der Waals surface area contributed by atoms with Crippen molar-refractivity contribution in [3.05, 3.63) is 75.2 Å². The number of ketones is 1. The van der Waals surface area contributed by atoms with E-state index >= 15 is 0 Å². The number of benzene rings is 1. The number of hydrogen-bond acceptors (Lipinski definition) is 7. The van der Waals surface area contributed by atoms with Crippen molar-refractivity contribution in [1.29, 1.82) is 0 Å². The summed E-state index contributed by atoms with van der Waals surface area (Å²) < 4.78 is 23.4. The van der Waals surface area contributed by atoms with Crippen molar-refractivity contribution in [2.75, 3.05) is 7.11 Å². The topological polar surface area (TPSA) is 101 Å². The number of allylic oxidation sites excluding steroid dienone is 2. The second-order valence-corrected chi connectivity index (χ2v) is 9.55. The predicted octanol–water partition coefficient (Wildman–Crippen LogP) is 4.72. The fraction of sp³-hybridized carbons (Fsp3) is 0.333. The van der Waals surface area contributed by atoms with Crippen LogP contribution in [0.3, 0.4) is 0 Å². The Hall–Kier alpha value is -3.00. The predicted molar refractivity (Wildman–Crippen MR) is 119 cm³/mol. The van der Waals surface area contributed by atoms with E-state index in [9.17, 15) is 9.59 Å². The molecule has 1 aromatic carbocycles. The first-order valence-electron chi connectivity index (χ1n) is 10.2. The molecule has 0 saturated carbocycles. The normalized spacial score (nSPS) is 20.0. The van der Waals surface area contributed by atoms with Crippen LogP contribution in [0.1, 0.15) is 44.1 Å². The van der Waals surface area contributed by atoms with E-state index in [2.05, 4.69) is 15.9 Å². The van der Waals surface area contributed by atoms with E-state index < -0.39 is 11.9 Å². The maximum Gasteiger partial charge on any atom is 0.340 e. The van der Waals surface area contributed by atoms with E-state index in [1.54, 1.807) is 12.1 Å². The van der Waals surface area contributed by atoms with E-state index in [1.165, 1.54) is 7.11 Å². The molecule has 32 heavy (non-hydrogen) atoms. The Kier molecular flexibility index (Phi) is 5.90. The van der Waals surface area contributed by atoms with Crippen molar-refractivity contribution in [2.24, 2.45) is 11.1 Å². The van der Waals surface area contributed by atoms with Gasteiger partial charge in [0.05, 0.1) is 13.0 Å². The van der Waals surface area contributed by atoms with Gasteiger partial charge in [0.15, 0.2) is 5.78 Å². The first-order valence-corrected chi connectivity index (χ1v) is 11.0. The molecule has 0 amide bonds. The van der Waals surface area contributed by atoms with Crippen LogP contribution >= 0.6 is 15.9 Å². The van der Waals surface area contributed by atoms with Crippen molar-refractivity contribution < 1.29 is 28.2 Å². The van der Waals surface area contributed by atoms with Gasteiger partial charge >= 0.3 is 5.97 Å². The summed E-state index contributed by atoms with van der Waals surface area (Å²) in [4.78, 5) is 25.7. The molecule has 1 aromatic heterocycles. The van der Waals surface area contributed by atoms with E-state index in [4.69, 9.17) is 24.4 Å². The molecule has 2 aliphatic rings. The van der Waals surface area contributed by atoms with Gasteiger partial charge in [-0.05, 0) is 35.7 Å². The highest BCUT2D eigenvalue weighted by Crippen LogP contribution is 2.48. The highest BCUT2D eigenvalue weighted by Gasteiger charge is 2.46. The van der Waals surface area contributed by atoms with Gasteiger partial charge in [-0.15, -0.1) is 0 Å². The lowest BCUT2D eigenvalue weighted by atomic mass is 9.71. The van der Waals surface area contributed by atoms with Gasteiger partial charge in [-0.25, -0.2) is 4.79 Å². The zero-order valence-corrected chi connectivity index (χ0v) is 19.7. The fourth-order valence-corrected chi connectivity index (χ4v) is 4.49. The lowest BCUT2D eigenvalue weighted by Gasteiger charge is -2.37. The number of furan rings is 1. The summed E-state index contributed by atoms with van der Waals surface area (Å²) in [5.74, 6) is 0.467. The Labute approximate surface area is 194 Å². The van der Waals surface area contributed by atoms with Gasteiger partial charge in [0.1, 0.15) is 35.2 Å². The molecule has 2 N–H and O–H groups in total. The summed E-state index contributed by atoms with van der Waals surface area (Å²) >= 11 is 3.41. The number of ether oxygens (including phenoxy) is 3. The van der Waals surface area contributed by atoms with Gasteiger partial charge in [-0.3, -0.25) is 4.79 Å². The maximum absolute atomic E-state index is 13.1. The average Bonchev–Trinajstić information content (AvgIpc) is 3.18. The van der Waals surface area contributed by atoms with Crippen LogP contribution in [0.4, 0.5) is 0 Å². The lowest BCUT2D eigenvalue weighted by Crippen LogP contribution is -2.35. The molecule has 168 valence electrons. The van der Waals surface area contributed by atoms with Gasteiger partial charge in [0, 0.05) is 22.9 Å². The number of carbonyl (C=O) groups is 2. The van der Waals surface area contributed by atoms with Crippen LogP contribution in [-0.2, 0) is 25.7 Å². The summed E-state index contributed by atoms with van der Waals surface area (Å²) in [6.07, 6.45) is 0.860. The number of rotatable bonds is 5. The van der Waals surface area contributed by atoms with Crippen LogP contribution in [0, 0.1) is 5.41 Å². The Balaban J connectivity index is 1.68. The minimum Gasteiger partial charge on any atom is -0.486 e. The number of Topliss-reactive ketones (excluding diaryl/α,β-unsaturated/α-hetero) is 1. The Morgan fingerprint density at radius 1 is 1.25 bits per heavy atom. The van der Waals surface area contributed by atoms with Crippen LogP contribution in [0.2, 0.25) is 0 Å². The van der Waals surface area contributed by atoms with E-state index in [0.29, 0.717) is 41.4 Å². The van der Waals surface area contributed by atoms with Crippen molar-refractivity contribution in [2.45, 2.75) is 39.2 Å². The second-order valence-electron chi connectivity index (χ2n) is 8.63. The number of halogens is 1. The third-order valence-corrected chi connectivity index (χ3v) is 6.00. The molecule has 8 heteroatoms. The van der Waals surface area contributed by atoms with Crippen LogP contribution in [0.25, 0.3) is 0 Å². The number of methoxy groups -OCH3 is 1. The van der Waals surface area contributed by atoms with Crippen molar-refractivity contribution >= 4 is 27.7 Å². The Bertz CT molecular complexity index is 1140. The molecule has 2 aromatic rings. The number of nitrogens with two attached hydrogens (primary N) is 1. The van der Waals surface area contributed by atoms with Crippen molar-refractivity contribution in [3.8, 4) is 5.75 Å². The summed E-state index contributed by atoms with van der Waals surface area (Å²) in [5, 5.41) is 0. The van der Waals surface area contributed by atoms with Gasteiger partial charge in [0.25, 0.3) is 0 Å². The lowest BCUT2D eigenvalue weighted by molar-refractivity contribution is -0.136. The van der Waals surface area contributed by atoms with Crippen molar-refractivity contribution in [3.63, 3.8) is 0 Å². The molecular weight excluding hydrogens is 478 g/mol. The monoisotopic (exact) mass is 501 g/mol. The molecule has 7 nitrogen and oxygen atoms in total. The van der Waals surface area contributed by atoms with Gasteiger partial charge in [-0.1, -0.05) is 35.8 Å². The van der Waals surface area contributed by atoms with Crippen LogP contribution in [0.5, 0.6) is 5.75 Å². The summed E-state index contributed by atoms with van der Waals surface area (Å²) in [6, 6.07) is 10.9. The molecule has 1 aliphatic carbocycles. The molecule has 1 aliphatic heterocycles. The Morgan fingerprint density at radius 2 is 2.03 bits per heavy atom. The second kappa shape index (κ2) is 8.50. The molecule has 0 saturated heterocycles. The summed E-state index contributed by atoms with van der Waals surface area (Å²) in [6.45, 7) is 4.17. The molecule has 4 rings (SSSR count). The number of carbonyl (C=O) groups excluding carboxylic acids is 2. The average molecular weight is 502 g/mol. The SMILES string of the molecule is COC(=O)C1=C(N)OC2=C(C(=O)CC(C)(C)C2)[C@H]1c1ccc(COc2cccc(Br)c2)o1. The summed E-state index contributed by atoms with van der Waals surface area (Å²) in [7, 11) is 1.26. The zero-order valence-electron chi connectivity index (χ0n) is 18.1. The number of esters is 1. The maximum atomic E-state index is 13.1. The molecule has 2 heterocycles. The van der Waals surface area contributed by atoms with Gasteiger partial charge < -0.3 is 24.4 Å². The standard InChI is InChI=1S/C24H24BrNO6/c1-24(2)10-16(27)19-18(11-24)32-22(26)21(23(28)29-3)20(19)17-8-7-15(31-17)12-30-14-6-4-5-13(25)9-14/h4-9,20H,10-12,26H2,1-3H3/t20-/m1/s1. The van der Waals surface area contributed by atoms with E-state index in [-0.39, 0.29) is 29.3 Å². The minimum absolute atomic E-state index is 0.0631. The molecule has 1 atom stereocenters. The minimum atomic E-state index is -0.797. The molecule has 0 unspecified atom stereocenters. The first-order chi connectivity index (χ1) is 15.2. The molecule has 0 fully saturated rings. The molecule has 0 spiro atoms. The van der Waals surface area contributed by atoms with Crippen LogP contribution in [-0.4, -0.2) is 18.9 Å². The highest BCUT2D eigenvalue weighted by atomic mass is 79.9.